The van der Waals surface area contributed by atoms with Crippen molar-refractivity contribution in [1.82, 2.24) is 10.2 Å². The van der Waals surface area contributed by atoms with Crippen LogP contribution in [0, 0.1) is 6.92 Å². The fourth-order valence-corrected chi connectivity index (χ4v) is 6.02. The molecule has 0 spiro atoms. The summed E-state index contributed by atoms with van der Waals surface area (Å²) in [5, 5.41) is 3.06. The Bertz CT molecular complexity index is 1090. The number of anilines is 1. The molecule has 2 aromatic rings. The number of aryl methyl sites for hydroxylation is 1. The van der Waals surface area contributed by atoms with Crippen molar-refractivity contribution in [2.75, 3.05) is 25.0 Å². The molecule has 2 unspecified atom stereocenters. The number of piperidine rings is 1. The normalized spacial score (nSPS) is 22.1. The molecule has 1 fully saturated rings. The van der Waals surface area contributed by atoms with Crippen molar-refractivity contribution >= 4 is 35.3 Å². The Morgan fingerprint density at radius 1 is 1.15 bits per heavy atom. The Balaban J connectivity index is 1.38. The van der Waals surface area contributed by atoms with Crippen LogP contribution in [0.2, 0.25) is 0 Å². The molecule has 0 saturated carbocycles. The predicted octanol–water partition coefficient (Wildman–Crippen LogP) is 5.49. The molecule has 1 N–H and O–H groups in total. The summed E-state index contributed by atoms with van der Waals surface area (Å²) in [6, 6.07) is 15.0. The average molecular weight is 478 g/mol. The maximum atomic E-state index is 13.0. The van der Waals surface area contributed by atoms with Gasteiger partial charge in [0.1, 0.15) is 0 Å². The predicted molar refractivity (Wildman–Crippen MR) is 141 cm³/mol. The Hall–Kier alpha value is -2.57. The Kier molecular flexibility index (Phi) is 7.79. The van der Waals surface area contributed by atoms with E-state index in [1.54, 1.807) is 11.9 Å². The number of benzene rings is 2. The zero-order valence-corrected chi connectivity index (χ0v) is 21.5. The number of thioether (sulfide) groups is 1. The molecule has 0 bridgehead atoms. The van der Waals surface area contributed by atoms with Gasteiger partial charge in [0.15, 0.2) is 0 Å². The summed E-state index contributed by atoms with van der Waals surface area (Å²) in [7, 11) is 1.77. The van der Waals surface area contributed by atoms with Crippen LogP contribution >= 0.6 is 11.8 Å². The molecule has 0 radical (unpaired) electrons. The summed E-state index contributed by atoms with van der Waals surface area (Å²) < 4.78 is 0. The molecule has 2 amide bonds. The van der Waals surface area contributed by atoms with Gasteiger partial charge in [-0.05, 0) is 69.9 Å². The number of carbonyl (C=O) groups is 2. The third kappa shape index (κ3) is 5.56. The van der Waals surface area contributed by atoms with Gasteiger partial charge in [-0.2, -0.15) is 0 Å². The molecule has 2 aromatic carbocycles. The van der Waals surface area contributed by atoms with E-state index in [1.807, 2.05) is 49.4 Å². The first-order valence-electron chi connectivity index (χ1n) is 12.3. The Morgan fingerprint density at radius 3 is 2.65 bits per heavy atom. The maximum Gasteiger partial charge on any atom is 0.264 e. The Morgan fingerprint density at radius 2 is 1.91 bits per heavy atom. The molecule has 2 heterocycles. The fourth-order valence-electron chi connectivity index (χ4n) is 4.93. The highest BCUT2D eigenvalue weighted by Gasteiger charge is 2.27. The van der Waals surface area contributed by atoms with Gasteiger partial charge in [-0.15, -0.1) is 0 Å². The quantitative estimate of drug-likeness (QED) is 0.442. The van der Waals surface area contributed by atoms with Crippen LogP contribution in [-0.2, 0) is 4.79 Å². The second-order valence-corrected chi connectivity index (χ2v) is 10.6. The molecule has 0 aliphatic carbocycles. The van der Waals surface area contributed by atoms with E-state index in [4.69, 9.17) is 0 Å². The Labute approximate surface area is 207 Å². The van der Waals surface area contributed by atoms with Crippen molar-refractivity contribution in [3.8, 4) is 0 Å². The van der Waals surface area contributed by atoms with Crippen LogP contribution in [0.15, 0.2) is 52.3 Å². The first-order valence-corrected chi connectivity index (χ1v) is 13.1. The number of likely N-dealkylation sites (tertiary alicyclic amines) is 1. The minimum Gasteiger partial charge on any atom is -0.352 e. The van der Waals surface area contributed by atoms with Gasteiger partial charge in [-0.1, -0.05) is 48.0 Å². The SMILES string of the molecule is Cc1cccc(C=C2Sc3ccc(C(=O)NCCCN4C(C)CCCC4C)cc3N(C)C2=O)c1. The molecule has 5 nitrogen and oxygen atoms in total. The van der Waals surface area contributed by atoms with E-state index < -0.39 is 0 Å². The third-order valence-corrected chi connectivity index (χ3v) is 7.99. The molecule has 180 valence electrons. The van der Waals surface area contributed by atoms with Crippen molar-refractivity contribution in [2.24, 2.45) is 0 Å². The molecular weight excluding hydrogens is 442 g/mol. The number of carbonyl (C=O) groups excluding carboxylic acids is 2. The number of fused-ring (bicyclic) bond motifs is 1. The van der Waals surface area contributed by atoms with Crippen molar-refractivity contribution in [1.29, 1.82) is 0 Å². The van der Waals surface area contributed by atoms with Crippen LogP contribution < -0.4 is 10.2 Å². The molecule has 2 aliphatic heterocycles. The standard InChI is InChI=1S/C28H35N3O2S/c1-19-8-5-11-22(16-19)17-26-28(33)30(4)24-18-23(12-13-25(24)34-26)27(32)29-14-7-15-31-20(2)9-6-10-21(31)3/h5,8,11-13,16-18,20-21H,6-7,9-10,14-15H2,1-4H3,(H,29,32). The number of amides is 2. The van der Waals surface area contributed by atoms with E-state index in [0.717, 1.165) is 34.7 Å². The van der Waals surface area contributed by atoms with E-state index in [-0.39, 0.29) is 11.8 Å². The smallest absolute Gasteiger partial charge is 0.264 e. The molecule has 0 aromatic heterocycles. The average Bonchev–Trinajstić information content (AvgIpc) is 2.81. The number of nitrogens with one attached hydrogen (secondary N) is 1. The van der Waals surface area contributed by atoms with Gasteiger partial charge >= 0.3 is 0 Å². The van der Waals surface area contributed by atoms with Crippen LogP contribution in [0.5, 0.6) is 0 Å². The highest BCUT2D eigenvalue weighted by Crippen LogP contribution is 2.42. The first kappa shape index (κ1) is 24.6. The van der Waals surface area contributed by atoms with E-state index in [1.165, 1.54) is 31.0 Å². The monoisotopic (exact) mass is 477 g/mol. The van der Waals surface area contributed by atoms with E-state index in [0.29, 0.717) is 29.1 Å². The van der Waals surface area contributed by atoms with Crippen LogP contribution in [0.1, 0.15) is 61.0 Å². The topological polar surface area (TPSA) is 52.7 Å². The minimum atomic E-state index is -0.0884. The number of rotatable bonds is 6. The molecule has 2 aliphatic rings. The minimum absolute atomic E-state index is 0.0543. The van der Waals surface area contributed by atoms with Gasteiger partial charge < -0.3 is 10.2 Å². The summed E-state index contributed by atoms with van der Waals surface area (Å²) in [5.41, 5.74) is 3.54. The molecule has 34 heavy (non-hydrogen) atoms. The lowest BCUT2D eigenvalue weighted by atomic mass is 9.97. The van der Waals surface area contributed by atoms with Crippen LogP contribution in [0.25, 0.3) is 6.08 Å². The van der Waals surface area contributed by atoms with Crippen LogP contribution in [0.4, 0.5) is 5.69 Å². The lowest BCUT2D eigenvalue weighted by Gasteiger charge is -2.39. The van der Waals surface area contributed by atoms with Gasteiger partial charge in [0.05, 0.1) is 10.6 Å². The highest BCUT2D eigenvalue weighted by molar-refractivity contribution is 8.04. The number of likely N-dealkylation sites (N-methyl/N-ethyl adjacent to an activating group) is 1. The molecular formula is C28H35N3O2S. The molecule has 6 heteroatoms. The van der Waals surface area contributed by atoms with Gasteiger partial charge in [0.2, 0.25) is 0 Å². The van der Waals surface area contributed by atoms with E-state index >= 15 is 0 Å². The van der Waals surface area contributed by atoms with E-state index in [2.05, 4.69) is 30.1 Å². The van der Waals surface area contributed by atoms with Gasteiger partial charge in [-0.3, -0.25) is 14.5 Å². The van der Waals surface area contributed by atoms with Crippen molar-refractivity contribution in [3.63, 3.8) is 0 Å². The van der Waals surface area contributed by atoms with Crippen LogP contribution in [0.3, 0.4) is 0 Å². The van der Waals surface area contributed by atoms with Crippen molar-refractivity contribution in [3.05, 3.63) is 64.1 Å². The summed E-state index contributed by atoms with van der Waals surface area (Å²) in [6.45, 7) is 8.31. The van der Waals surface area contributed by atoms with Gasteiger partial charge in [0, 0.05) is 42.7 Å². The summed E-state index contributed by atoms with van der Waals surface area (Å²) >= 11 is 1.46. The molecule has 4 rings (SSSR count). The van der Waals surface area contributed by atoms with Crippen molar-refractivity contribution in [2.45, 2.75) is 63.4 Å². The molecule has 1 saturated heterocycles. The zero-order chi connectivity index (χ0) is 24.2. The van der Waals surface area contributed by atoms with E-state index in [9.17, 15) is 9.59 Å². The second kappa shape index (κ2) is 10.8. The third-order valence-electron chi connectivity index (χ3n) is 6.91. The maximum absolute atomic E-state index is 13.0. The summed E-state index contributed by atoms with van der Waals surface area (Å²) in [6.07, 6.45) is 6.71. The largest absolute Gasteiger partial charge is 0.352 e. The van der Waals surface area contributed by atoms with Gasteiger partial charge in [0.25, 0.3) is 11.8 Å². The highest BCUT2D eigenvalue weighted by atomic mass is 32.2. The van der Waals surface area contributed by atoms with Gasteiger partial charge in [-0.25, -0.2) is 0 Å². The lowest BCUT2D eigenvalue weighted by molar-refractivity contribution is -0.114. The number of nitrogens with zero attached hydrogens (tertiary/aromatic N) is 2. The number of hydrogen-bond acceptors (Lipinski definition) is 4. The first-order chi connectivity index (χ1) is 16.3. The molecule has 2 atom stereocenters. The number of hydrogen-bond donors (Lipinski definition) is 1. The van der Waals surface area contributed by atoms with Crippen LogP contribution in [-0.4, -0.2) is 48.9 Å². The summed E-state index contributed by atoms with van der Waals surface area (Å²) in [5.74, 6) is -0.143. The summed E-state index contributed by atoms with van der Waals surface area (Å²) in [4.78, 5) is 31.7. The fraction of sp³-hybridized carbons (Fsp3) is 0.429. The zero-order valence-electron chi connectivity index (χ0n) is 20.6. The van der Waals surface area contributed by atoms with Crippen molar-refractivity contribution < 1.29 is 9.59 Å². The lowest BCUT2D eigenvalue weighted by Crippen LogP contribution is -2.44. The second-order valence-electron chi connectivity index (χ2n) is 9.55.